The fraction of sp³-hybridized carbons (Fsp3) is 0.846. The highest BCUT2D eigenvalue weighted by atomic mass is 32.2. The molecule has 0 bridgehead atoms. The van der Waals surface area contributed by atoms with Crippen LogP contribution in [0.15, 0.2) is 0 Å². The maximum atomic E-state index is 11.5. The fourth-order valence-corrected chi connectivity index (χ4v) is 5.15. The molecule has 20 heavy (non-hydrogen) atoms. The van der Waals surface area contributed by atoms with Gasteiger partial charge in [0, 0.05) is 12.3 Å². The quantitative estimate of drug-likeness (QED) is 0.774. The van der Waals surface area contributed by atoms with Gasteiger partial charge in [-0.2, -0.15) is 0 Å². The van der Waals surface area contributed by atoms with Gasteiger partial charge in [-0.05, 0) is 31.8 Å². The van der Waals surface area contributed by atoms with Gasteiger partial charge in [0.05, 0.1) is 11.5 Å². The van der Waals surface area contributed by atoms with Crippen LogP contribution in [-0.2, 0) is 16.3 Å². The highest BCUT2D eigenvalue weighted by molar-refractivity contribution is 7.91. The molecule has 1 aromatic heterocycles. The third-order valence-electron chi connectivity index (χ3n) is 3.36. The average Bonchev–Trinajstić information content (AvgIpc) is 2.95. The summed E-state index contributed by atoms with van der Waals surface area (Å²) in [5.41, 5.74) is 0. The molecule has 1 aliphatic rings. The van der Waals surface area contributed by atoms with Crippen molar-refractivity contribution < 1.29 is 8.42 Å². The van der Waals surface area contributed by atoms with Gasteiger partial charge in [0.25, 0.3) is 0 Å². The van der Waals surface area contributed by atoms with Crippen molar-refractivity contribution in [3.63, 3.8) is 0 Å². The minimum absolute atomic E-state index is 0.0744. The summed E-state index contributed by atoms with van der Waals surface area (Å²) in [6, 6.07) is 0. The van der Waals surface area contributed by atoms with Crippen LogP contribution in [-0.4, -0.2) is 43.2 Å². The van der Waals surface area contributed by atoms with E-state index in [1.165, 1.54) is 0 Å². The van der Waals surface area contributed by atoms with Crippen LogP contribution in [0, 0.1) is 5.92 Å². The average molecular weight is 317 g/mol. The van der Waals surface area contributed by atoms with Gasteiger partial charge >= 0.3 is 0 Å². The predicted molar refractivity (Wildman–Crippen MR) is 81.9 cm³/mol. The maximum absolute atomic E-state index is 11.5. The highest BCUT2D eigenvalue weighted by Crippen LogP contribution is 2.30. The lowest BCUT2D eigenvalue weighted by Gasteiger charge is -2.05. The number of sulfone groups is 1. The summed E-state index contributed by atoms with van der Waals surface area (Å²) in [7, 11) is -2.84. The van der Waals surface area contributed by atoms with Crippen molar-refractivity contribution >= 4 is 21.2 Å². The van der Waals surface area contributed by atoms with Crippen LogP contribution < -0.4 is 5.32 Å². The first-order valence-corrected chi connectivity index (χ1v) is 9.83. The molecule has 0 radical (unpaired) electrons. The topological polar surface area (TPSA) is 72.0 Å². The minimum Gasteiger partial charge on any atom is -0.316 e. The molecule has 1 unspecified atom stereocenters. The number of hydrogen-bond donors (Lipinski definition) is 1. The summed E-state index contributed by atoms with van der Waals surface area (Å²) in [5.74, 6) is 1.29. The number of hydrogen-bond acceptors (Lipinski definition) is 6. The Morgan fingerprint density at radius 3 is 2.85 bits per heavy atom. The van der Waals surface area contributed by atoms with Crippen LogP contribution in [0.25, 0.3) is 0 Å². The van der Waals surface area contributed by atoms with E-state index in [4.69, 9.17) is 0 Å². The number of nitrogens with one attached hydrogen (secondary N) is 1. The van der Waals surface area contributed by atoms with E-state index < -0.39 is 9.84 Å². The van der Waals surface area contributed by atoms with Gasteiger partial charge in [0.1, 0.15) is 10.0 Å². The first-order valence-electron chi connectivity index (χ1n) is 7.19. The standard InChI is InChI=1S/C13H23N3O2S2/c1-10(2)8-14-6-3-4-12-15-16-13(19-12)11-5-7-20(17,18)9-11/h10-11,14H,3-9H2,1-2H3. The van der Waals surface area contributed by atoms with Gasteiger partial charge in [-0.1, -0.05) is 13.8 Å². The van der Waals surface area contributed by atoms with Crippen molar-refractivity contribution in [3.05, 3.63) is 10.0 Å². The molecule has 1 fully saturated rings. The molecule has 0 aliphatic carbocycles. The van der Waals surface area contributed by atoms with Crippen molar-refractivity contribution in [3.8, 4) is 0 Å². The number of rotatable bonds is 7. The Morgan fingerprint density at radius 1 is 1.40 bits per heavy atom. The predicted octanol–water partition coefficient (Wildman–Crippen LogP) is 1.62. The molecular formula is C13H23N3O2S2. The van der Waals surface area contributed by atoms with Crippen molar-refractivity contribution in [1.29, 1.82) is 0 Å². The molecule has 114 valence electrons. The van der Waals surface area contributed by atoms with Crippen LogP contribution in [0.1, 0.15) is 42.6 Å². The van der Waals surface area contributed by atoms with E-state index in [9.17, 15) is 8.42 Å². The number of aryl methyl sites for hydroxylation is 1. The second kappa shape index (κ2) is 6.95. The molecule has 1 aliphatic heterocycles. The molecule has 0 amide bonds. The highest BCUT2D eigenvalue weighted by Gasteiger charge is 2.31. The Bertz CT molecular complexity index is 525. The monoisotopic (exact) mass is 317 g/mol. The smallest absolute Gasteiger partial charge is 0.151 e. The Labute approximate surface area is 125 Å². The molecule has 0 saturated carbocycles. The molecule has 0 aromatic carbocycles. The lowest BCUT2D eigenvalue weighted by atomic mass is 10.1. The van der Waals surface area contributed by atoms with E-state index in [1.54, 1.807) is 11.3 Å². The van der Waals surface area contributed by atoms with Crippen LogP contribution in [0.4, 0.5) is 0 Å². The molecule has 1 atom stereocenters. The van der Waals surface area contributed by atoms with Crippen molar-refractivity contribution in [1.82, 2.24) is 15.5 Å². The van der Waals surface area contributed by atoms with Crippen LogP contribution in [0.3, 0.4) is 0 Å². The van der Waals surface area contributed by atoms with Crippen LogP contribution in [0.2, 0.25) is 0 Å². The molecule has 7 heteroatoms. The molecule has 1 aromatic rings. The Balaban J connectivity index is 1.75. The van der Waals surface area contributed by atoms with Gasteiger partial charge < -0.3 is 5.32 Å². The van der Waals surface area contributed by atoms with Gasteiger partial charge in [0.15, 0.2) is 9.84 Å². The Hall–Kier alpha value is -0.530. The van der Waals surface area contributed by atoms with Crippen molar-refractivity contribution in [2.75, 3.05) is 24.6 Å². The third kappa shape index (κ3) is 4.79. The molecule has 2 heterocycles. The summed E-state index contributed by atoms with van der Waals surface area (Å²) >= 11 is 1.58. The van der Waals surface area contributed by atoms with Crippen LogP contribution >= 0.6 is 11.3 Å². The zero-order valence-electron chi connectivity index (χ0n) is 12.1. The van der Waals surface area contributed by atoms with Crippen LogP contribution in [0.5, 0.6) is 0 Å². The summed E-state index contributed by atoms with van der Waals surface area (Å²) in [4.78, 5) is 0. The molecule has 2 rings (SSSR count). The third-order valence-corrected chi connectivity index (χ3v) is 6.27. The SMILES string of the molecule is CC(C)CNCCCc1nnc(C2CCS(=O)(=O)C2)s1. The fourth-order valence-electron chi connectivity index (χ4n) is 2.28. The molecule has 1 N–H and O–H groups in total. The maximum Gasteiger partial charge on any atom is 0.151 e. The zero-order valence-corrected chi connectivity index (χ0v) is 13.8. The Morgan fingerprint density at radius 2 is 2.20 bits per heavy atom. The second-order valence-corrected chi connectivity index (χ2v) is 9.16. The zero-order chi connectivity index (χ0) is 14.6. The summed E-state index contributed by atoms with van der Waals surface area (Å²) in [5, 5.41) is 13.7. The summed E-state index contributed by atoms with van der Waals surface area (Å²) in [6.07, 6.45) is 2.67. The van der Waals surface area contributed by atoms with E-state index in [-0.39, 0.29) is 11.7 Å². The molecule has 5 nitrogen and oxygen atoms in total. The largest absolute Gasteiger partial charge is 0.316 e. The van der Waals surface area contributed by atoms with Crippen molar-refractivity contribution in [2.24, 2.45) is 5.92 Å². The van der Waals surface area contributed by atoms with Crippen molar-refractivity contribution in [2.45, 2.75) is 39.0 Å². The lowest BCUT2D eigenvalue weighted by molar-refractivity contribution is 0.542. The number of aromatic nitrogens is 2. The minimum atomic E-state index is -2.84. The first-order chi connectivity index (χ1) is 9.46. The van der Waals surface area contributed by atoms with Gasteiger partial charge in [0.2, 0.25) is 0 Å². The lowest BCUT2D eigenvalue weighted by Crippen LogP contribution is -2.21. The Kier molecular flexibility index (Phi) is 5.51. The molecular weight excluding hydrogens is 294 g/mol. The summed E-state index contributed by atoms with van der Waals surface area (Å²) in [6.45, 7) is 6.42. The first kappa shape index (κ1) is 15.9. The van der Waals surface area contributed by atoms with E-state index >= 15 is 0 Å². The van der Waals surface area contributed by atoms with E-state index in [0.29, 0.717) is 18.1 Å². The molecule has 1 saturated heterocycles. The second-order valence-electron chi connectivity index (χ2n) is 5.84. The normalized spacial score (nSPS) is 21.6. The summed E-state index contributed by atoms with van der Waals surface area (Å²) < 4.78 is 22.9. The van der Waals surface area contributed by atoms with Gasteiger partial charge in [-0.15, -0.1) is 21.5 Å². The molecule has 0 spiro atoms. The van der Waals surface area contributed by atoms with E-state index in [1.807, 2.05) is 0 Å². The van der Waals surface area contributed by atoms with Gasteiger partial charge in [-0.3, -0.25) is 0 Å². The van der Waals surface area contributed by atoms with E-state index in [0.717, 1.165) is 35.9 Å². The van der Waals surface area contributed by atoms with Gasteiger partial charge in [-0.25, -0.2) is 8.42 Å². The van der Waals surface area contributed by atoms with E-state index in [2.05, 4.69) is 29.4 Å². The number of nitrogens with zero attached hydrogens (tertiary/aromatic N) is 2.